The molecule has 0 radical (unpaired) electrons. The molecule has 0 fully saturated rings. The Kier molecular flexibility index (Phi) is 3.99. The minimum atomic E-state index is 0.320. The number of hydrogen-bond acceptors (Lipinski definition) is 3. The predicted octanol–water partition coefficient (Wildman–Crippen LogP) is 4.89. The first-order chi connectivity index (χ1) is 9.65. The lowest BCUT2D eigenvalue weighted by Crippen LogP contribution is -1.97. The van der Waals surface area contributed by atoms with E-state index in [9.17, 15) is 0 Å². The first-order valence-corrected chi connectivity index (χ1v) is 8.14. The third-order valence-electron chi connectivity index (χ3n) is 3.66. The molecule has 1 heterocycles. The van der Waals surface area contributed by atoms with Crippen LogP contribution in [0.2, 0.25) is 5.15 Å². The van der Waals surface area contributed by atoms with Crippen molar-refractivity contribution in [1.29, 1.82) is 0 Å². The van der Waals surface area contributed by atoms with Gasteiger partial charge in [-0.25, -0.2) is 9.97 Å². The van der Waals surface area contributed by atoms with Crippen molar-refractivity contribution in [2.75, 3.05) is 0 Å². The lowest BCUT2D eigenvalue weighted by Gasteiger charge is -2.12. The van der Waals surface area contributed by atoms with Crippen molar-refractivity contribution >= 4 is 23.4 Å². The quantitative estimate of drug-likeness (QED) is 0.755. The van der Waals surface area contributed by atoms with E-state index in [0.29, 0.717) is 11.1 Å². The van der Waals surface area contributed by atoms with Crippen LogP contribution in [0.15, 0.2) is 34.4 Å². The monoisotopic (exact) mass is 304 g/mol. The topological polar surface area (TPSA) is 25.8 Å². The third kappa shape index (κ3) is 2.70. The zero-order valence-electron chi connectivity index (χ0n) is 11.7. The van der Waals surface area contributed by atoms with Gasteiger partial charge in [-0.05, 0) is 48.4 Å². The van der Waals surface area contributed by atoms with Gasteiger partial charge in [0.15, 0.2) is 0 Å². The second kappa shape index (κ2) is 5.74. The summed E-state index contributed by atoms with van der Waals surface area (Å²) in [6.07, 6.45) is 5.24. The van der Waals surface area contributed by atoms with Gasteiger partial charge in [0.2, 0.25) is 0 Å². The fourth-order valence-electron chi connectivity index (χ4n) is 2.65. The average molecular weight is 305 g/mol. The van der Waals surface area contributed by atoms with Crippen LogP contribution in [0.1, 0.15) is 42.9 Å². The molecule has 4 heteroatoms. The molecule has 1 aromatic carbocycles. The lowest BCUT2D eigenvalue weighted by atomic mass is 10.1. The van der Waals surface area contributed by atoms with Crippen molar-refractivity contribution in [2.45, 2.75) is 48.9 Å². The Balaban J connectivity index is 1.93. The number of benzene rings is 1. The maximum Gasteiger partial charge on any atom is 0.137 e. The smallest absolute Gasteiger partial charge is 0.137 e. The van der Waals surface area contributed by atoms with E-state index in [2.05, 4.69) is 42.0 Å². The van der Waals surface area contributed by atoms with E-state index in [-0.39, 0.29) is 0 Å². The molecule has 0 spiro atoms. The van der Waals surface area contributed by atoms with Crippen molar-refractivity contribution in [1.82, 2.24) is 9.97 Å². The van der Waals surface area contributed by atoms with E-state index in [1.165, 1.54) is 35.3 Å². The van der Waals surface area contributed by atoms with Gasteiger partial charge in [-0.2, -0.15) is 0 Å². The molecule has 0 unspecified atom stereocenters. The highest BCUT2D eigenvalue weighted by Crippen LogP contribution is 2.36. The lowest BCUT2D eigenvalue weighted by molar-refractivity contribution is 0.803. The molecule has 1 aliphatic carbocycles. The third-order valence-corrected chi connectivity index (χ3v) is 4.97. The summed E-state index contributed by atoms with van der Waals surface area (Å²) in [6, 6.07) is 6.74. The zero-order chi connectivity index (χ0) is 14.1. The molecule has 2 nitrogen and oxygen atoms in total. The van der Waals surface area contributed by atoms with Crippen LogP contribution < -0.4 is 0 Å². The van der Waals surface area contributed by atoms with Crippen molar-refractivity contribution in [2.24, 2.45) is 0 Å². The molecule has 0 atom stereocenters. The predicted molar refractivity (Wildman–Crippen MR) is 83.7 cm³/mol. The van der Waals surface area contributed by atoms with Gasteiger partial charge in [0, 0.05) is 10.5 Å². The molecule has 104 valence electrons. The van der Waals surface area contributed by atoms with Crippen molar-refractivity contribution in [3.05, 3.63) is 46.4 Å². The summed E-state index contributed by atoms with van der Waals surface area (Å²) < 4.78 is 0. The molecule has 1 aliphatic rings. The summed E-state index contributed by atoms with van der Waals surface area (Å²) in [6.45, 7) is 4.24. The van der Waals surface area contributed by atoms with Gasteiger partial charge < -0.3 is 0 Å². The maximum absolute atomic E-state index is 6.22. The summed E-state index contributed by atoms with van der Waals surface area (Å²) in [4.78, 5) is 9.76. The van der Waals surface area contributed by atoms with Crippen LogP contribution in [0.4, 0.5) is 0 Å². The van der Waals surface area contributed by atoms with Crippen molar-refractivity contribution in [3.8, 4) is 0 Å². The summed E-state index contributed by atoms with van der Waals surface area (Å²) in [5, 5.41) is 1.54. The Morgan fingerprint density at radius 3 is 2.75 bits per heavy atom. The van der Waals surface area contributed by atoms with E-state index in [1.54, 1.807) is 18.1 Å². The molecular weight excluding hydrogens is 288 g/mol. The molecule has 0 amide bonds. The summed E-state index contributed by atoms with van der Waals surface area (Å²) in [5.74, 6) is 0.320. The molecule has 0 saturated carbocycles. The first kappa shape index (κ1) is 13.9. The highest BCUT2D eigenvalue weighted by atomic mass is 35.5. The number of aryl methyl sites for hydroxylation is 2. The summed E-state index contributed by atoms with van der Waals surface area (Å²) >= 11 is 7.91. The van der Waals surface area contributed by atoms with Gasteiger partial charge in [-0.3, -0.25) is 0 Å². The minimum absolute atomic E-state index is 0.320. The van der Waals surface area contributed by atoms with Crippen LogP contribution in [0.25, 0.3) is 0 Å². The van der Waals surface area contributed by atoms with Crippen LogP contribution in [0, 0.1) is 0 Å². The van der Waals surface area contributed by atoms with Gasteiger partial charge >= 0.3 is 0 Å². The van der Waals surface area contributed by atoms with E-state index < -0.39 is 0 Å². The molecule has 0 aliphatic heterocycles. The first-order valence-electron chi connectivity index (χ1n) is 6.95. The molecule has 0 N–H and O–H groups in total. The molecule has 2 aromatic rings. The number of hydrogen-bond donors (Lipinski definition) is 0. The van der Waals surface area contributed by atoms with Gasteiger partial charge in [0.25, 0.3) is 0 Å². The Hall–Kier alpha value is -1.06. The van der Waals surface area contributed by atoms with E-state index in [4.69, 9.17) is 11.6 Å². The molecule has 0 saturated heterocycles. The number of aromatic nitrogens is 2. The van der Waals surface area contributed by atoms with Crippen LogP contribution in [-0.4, -0.2) is 9.97 Å². The van der Waals surface area contributed by atoms with E-state index >= 15 is 0 Å². The average Bonchev–Trinajstić information content (AvgIpc) is 2.85. The number of rotatable bonds is 3. The standard InChI is InChI=1S/C16H17ClN2S/c1-10(2)14-15(17)18-9-19-16(14)20-13-7-6-11-4-3-5-12(11)8-13/h6-10H,3-5H2,1-2H3. The highest BCUT2D eigenvalue weighted by molar-refractivity contribution is 7.99. The zero-order valence-corrected chi connectivity index (χ0v) is 13.3. The van der Waals surface area contributed by atoms with Crippen molar-refractivity contribution in [3.63, 3.8) is 0 Å². The fraction of sp³-hybridized carbons (Fsp3) is 0.375. The van der Waals surface area contributed by atoms with Crippen LogP contribution >= 0.6 is 23.4 Å². The van der Waals surface area contributed by atoms with Gasteiger partial charge in [0.05, 0.1) is 0 Å². The summed E-state index contributed by atoms with van der Waals surface area (Å²) in [5.41, 5.74) is 4.03. The van der Waals surface area contributed by atoms with Gasteiger partial charge in [-0.15, -0.1) is 0 Å². The van der Waals surface area contributed by atoms with Crippen LogP contribution in [-0.2, 0) is 12.8 Å². The number of fused-ring (bicyclic) bond motifs is 1. The van der Waals surface area contributed by atoms with Gasteiger partial charge in [-0.1, -0.05) is 43.3 Å². The van der Waals surface area contributed by atoms with E-state index in [1.807, 2.05) is 0 Å². The molecule has 1 aromatic heterocycles. The SMILES string of the molecule is CC(C)c1c(Cl)ncnc1Sc1ccc2c(c1)CCC2. The molecule has 0 bridgehead atoms. The maximum atomic E-state index is 6.22. The van der Waals surface area contributed by atoms with Crippen LogP contribution in [0.3, 0.4) is 0 Å². The Morgan fingerprint density at radius 1 is 1.15 bits per heavy atom. The van der Waals surface area contributed by atoms with Crippen LogP contribution in [0.5, 0.6) is 0 Å². The number of nitrogens with zero attached hydrogens (tertiary/aromatic N) is 2. The van der Waals surface area contributed by atoms with E-state index in [0.717, 1.165) is 10.6 Å². The van der Waals surface area contributed by atoms with Gasteiger partial charge in [0.1, 0.15) is 16.5 Å². The molecular formula is C16H17ClN2S. The normalized spacial score (nSPS) is 13.8. The second-order valence-corrected chi connectivity index (χ2v) is 6.84. The Bertz CT molecular complexity index is 640. The fourth-order valence-corrected chi connectivity index (χ4v) is 4.16. The largest absolute Gasteiger partial charge is 0.229 e. The second-order valence-electron chi connectivity index (χ2n) is 5.42. The highest BCUT2D eigenvalue weighted by Gasteiger charge is 2.16. The van der Waals surface area contributed by atoms with Crippen molar-refractivity contribution < 1.29 is 0 Å². The Labute approximate surface area is 129 Å². The number of halogens is 1. The minimum Gasteiger partial charge on any atom is -0.229 e. The summed E-state index contributed by atoms with van der Waals surface area (Å²) in [7, 11) is 0. The molecule has 20 heavy (non-hydrogen) atoms. The molecule has 3 rings (SSSR count). The Morgan fingerprint density at radius 2 is 1.95 bits per heavy atom.